The Balaban J connectivity index is 2.15. The lowest BCUT2D eigenvalue weighted by Gasteiger charge is -2.37. The van der Waals surface area contributed by atoms with Crippen molar-refractivity contribution in [3.05, 3.63) is 29.8 Å². The zero-order chi connectivity index (χ0) is 16.9. The van der Waals surface area contributed by atoms with E-state index in [0.717, 1.165) is 0 Å². The molecule has 0 aromatic heterocycles. The zero-order valence-corrected chi connectivity index (χ0v) is 13.6. The molecule has 1 aliphatic heterocycles. The van der Waals surface area contributed by atoms with Crippen molar-refractivity contribution in [2.45, 2.75) is 19.8 Å². The maximum absolute atomic E-state index is 12.8. The fraction of sp³-hybridized carbons (Fsp3) is 0.529. The molecule has 0 bridgehead atoms. The van der Waals surface area contributed by atoms with Crippen LogP contribution in [-0.2, 0) is 9.53 Å². The Morgan fingerprint density at radius 2 is 2.04 bits per heavy atom. The summed E-state index contributed by atoms with van der Waals surface area (Å²) in [7, 11) is 1.58. The van der Waals surface area contributed by atoms with Crippen molar-refractivity contribution >= 4 is 11.9 Å². The van der Waals surface area contributed by atoms with Gasteiger partial charge < -0.3 is 19.5 Å². The Labute approximate surface area is 136 Å². The van der Waals surface area contributed by atoms with Gasteiger partial charge in [-0.25, -0.2) is 0 Å². The third-order valence-electron chi connectivity index (χ3n) is 4.16. The fourth-order valence-corrected chi connectivity index (χ4v) is 2.76. The Hall–Kier alpha value is -2.08. The van der Waals surface area contributed by atoms with E-state index in [1.54, 1.807) is 43.2 Å². The minimum absolute atomic E-state index is 0.190. The number of ether oxygens (including phenoxy) is 2. The number of carbonyl (C=O) groups is 2. The van der Waals surface area contributed by atoms with E-state index in [1.165, 1.54) is 0 Å². The highest BCUT2D eigenvalue weighted by Crippen LogP contribution is 2.31. The first-order valence-corrected chi connectivity index (χ1v) is 7.71. The van der Waals surface area contributed by atoms with Crippen molar-refractivity contribution in [2.24, 2.45) is 5.41 Å². The number of amides is 1. The number of para-hydroxylation sites is 1. The van der Waals surface area contributed by atoms with Crippen LogP contribution in [0.5, 0.6) is 5.75 Å². The van der Waals surface area contributed by atoms with E-state index < -0.39 is 11.4 Å². The highest BCUT2D eigenvalue weighted by molar-refractivity contribution is 5.97. The van der Waals surface area contributed by atoms with Gasteiger partial charge >= 0.3 is 5.97 Å². The predicted molar refractivity (Wildman–Crippen MR) is 84.7 cm³/mol. The maximum Gasteiger partial charge on any atom is 0.311 e. The summed E-state index contributed by atoms with van der Waals surface area (Å²) in [5.74, 6) is -0.554. The first-order chi connectivity index (χ1) is 11.0. The first-order valence-electron chi connectivity index (χ1n) is 7.71. The van der Waals surface area contributed by atoms with Crippen LogP contribution in [0.1, 0.15) is 30.1 Å². The Morgan fingerprint density at radius 1 is 1.30 bits per heavy atom. The van der Waals surface area contributed by atoms with Crippen LogP contribution in [0.25, 0.3) is 0 Å². The van der Waals surface area contributed by atoms with E-state index in [1.807, 2.05) is 0 Å². The van der Waals surface area contributed by atoms with Crippen molar-refractivity contribution in [1.29, 1.82) is 0 Å². The number of carboxylic acids is 1. The second kappa shape index (κ2) is 7.46. The van der Waals surface area contributed by atoms with Gasteiger partial charge in [-0.2, -0.15) is 0 Å². The topological polar surface area (TPSA) is 76.1 Å². The number of piperidine rings is 1. The number of rotatable bonds is 6. The number of nitrogens with zero attached hydrogens (tertiary/aromatic N) is 1. The van der Waals surface area contributed by atoms with E-state index in [4.69, 9.17) is 9.47 Å². The van der Waals surface area contributed by atoms with Crippen LogP contribution < -0.4 is 4.74 Å². The van der Waals surface area contributed by atoms with Crippen molar-refractivity contribution < 1.29 is 24.2 Å². The normalized spacial score (nSPS) is 21.0. The largest absolute Gasteiger partial charge is 0.490 e. The molecule has 1 aromatic carbocycles. The van der Waals surface area contributed by atoms with Gasteiger partial charge in [0, 0.05) is 20.2 Å². The highest BCUT2D eigenvalue weighted by atomic mass is 16.5. The lowest BCUT2D eigenvalue weighted by atomic mass is 9.82. The smallest absolute Gasteiger partial charge is 0.311 e. The summed E-state index contributed by atoms with van der Waals surface area (Å²) in [5.41, 5.74) is -0.432. The molecule has 1 heterocycles. The molecule has 1 unspecified atom stereocenters. The highest BCUT2D eigenvalue weighted by Gasteiger charge is 2.39. The van der Waals surface area contributed by atoms with Crippen LogP contribution in [0.3, 0.4) is 0 Å². The second-order valence-corrected chi connectivity index (χ2v) is 6.03. The standard InChI is InChI=1S/C17H23NO5/c1-17(16(20)21)8-5-9-18(12-17)15(19)13-6-3-4-7-14(13)23-11-10-22-2/h3-4,6-7H,5,8-12H2,1-2H3,(H,20,21). The molecular formula is C17H23NO5. The summed E-state index contributed by atoms with van der Waals surface area (Å²) in [5, 5.41) is 9.39. The summed E-state index contributed by atoms with van der Waals surface area (Å²) in [6, 6.07) is 7.02. The van der Waals surface area contributed by atoms with Gasteiger partial charge in [0.2, 0.25) is 0 Å². The molecule has 0 spiro atoms. The van der Waals surface area contributed by atoms with Crippen molar-refractivity contribution in [3.8, 4) is 5.75 Å². The summed E-state index contributed by atoms with van der Waals surface area (Å²) < 4.78 is 10.5. The van der Waals surface area contributed by atoms with Gasteiger partial charge in [-0.3, -0.25) is 9.59 Å². The lowest BCUT2D eigenvalue weighted by Crippen LogP contribution is -2.48. The number of carbonyl (C=O) groups excluding carboxylic acids is 1. The van der Waals surface area contributed by atoms with E-state index >= 15 is 0 Å². The molecule has 0 radical (unpaired) electrons. The third-order valence-corrected chi connectivity index (χ3v) is 4.16. The number of hydrogen-bond donors (Lipinski definition) is 1. The molecule has 23 heavy (non-hydrogen) atoms. The van der Waals surface area contributed by atoms with E-state index in [-0.39, 0.29) is 12.5 Å². The van der Waals surface area contributed by atoms with E-state index in [9.17, 15) is 14.7 Å². The predicted octanol–water partition coefficient (Wildman–Crippen LogP) is 2.04. The molecule has 126 valence electrons. The number of methoxy groups -OCH3 is 1. The van der Waals surface area contributed by atoms with Gasteiger partial charge in [0.25, 0.3) is 5.91 Å². The molecule has 6 nitrogen and oxygen atoms in total. The number of carboxylic acid groups (broad SMARTS) is 1. The van der Waals surface area contributed by atoms with Gasteiger partial charge in [0.15, 0.2) is 0 Å². The molecule has 1 N–H and O–H groups in total. The average Bonchev–Trinajstić information content (AvgIpc) is 2.55. The Kier molecular flexibility index (Phi) is 5.60. The van der Waals surface area contributed by atoms with Gasteiger partial charge in [-0.05, 0) is 31.9 Å². The lowest BCUT2D eigenvalue weighted by molar-refractivity contribution is -0.150. The van der Waals surface area contributed by atoms with Crippen LogP contribution in [-0.4, -0.2) is 55.3 Å². The molecule has 1 fully saturated rings. The number of likely N-dealkylation sites (tertiary alicyclic amines) is 1. The minimum Gasteiger partial charge on any atom is -0.490 e. The number of hydrogen-bond acceptors (Lipinski definition) is 4. The van der Waals surface area contributed by atoms with Gasteiger partial charge in [0.05, 0.1) is 17.6 Å². The number of aliphatic carboxylic acids is 1. The molecule has 1 amide bonds. The van der Waals surface area contributed by atoms with Crippen molar-refractivity contribution in [2.75, 3.05) is 33.4 Å². The molecule has 2 rings (SSSR count). The summed E-state index contributed by atoms with van der Waals surface area (Å²) in [6.45, 7) is 3.26. The molecule has 1 aliphatic rings. The fourth-order valence-electron chi connectivity index (χ4n) is 2.76. The van der Waals surface area contributed by atoms with Crippen LogP contribution >= 0.6 is 0 Å². The summed E-state index contributed by atoms with van der Waals surface area (Å²) in [4.78, 5) is 25.8. The van der Waals surface area contributed by atoms with Gasteiger partial charge in [0.1, 0.15) is 12.4 Å². The summed E-state index contributed by atoms with van der Waals surface area (Å²) >= 11 is 0. The molecule has 0 aliphatic carbocycles. The molecule has 0 saturated carbocycles. The van der Waals surface area contributed by atoms with E-state index in [2.05, 4.69) is 0 Å². The Morgan fingerprint density at radius 3 is 2.74 bits per heavy atom. The maximum atomic E-state index is 12.8. The molecule has 1 saturated heterocycles. The van der Waals surface area contributed by atoms with Crippen LogP contribution in [0.15, 0.2) is 24.3 Å². The second-order valence-electron chi connectivity index (χ2n) is 6.03. The molecule has 1 atom stereocenters. The van der Waals surface area contributed by atoms with Crippen LogP contribution in [0.4, 0.5) is 0 Å². The zero-order valence-electron chi connectivity index (χ0n) is 13.6. The minimum atomic E-state index is -0.889. The van der Waals surface area contributed by atoms with E-state index in [0.29, 0.717) is 43.9 Å². The van der Waals surface area contributed by atoms with Crippen molar-refractivity contribution in [3.63, 3.8) is 0 Å². The third kappa shape index (κ3) is 4.01. The monoisotopic (exact) mass is 321 g/mol. The van der Waals surface area contributed by atoms with Gasteiger partial charge in [-0.15, -0.1) is 0 Å². The van der Waals surface area contributed by atoms with Gasteiger partial charge in [-0.1, -0.05) is 12.1 Å². The number of benzene rings is 1. The van der Waals surface area contributed by atoms with Crippen LogP contribution in [0, 0.1) is 5.41 Å². The quantitative estimate of drug-likeness (QED) is 0.812. The van der Waals surface area contributed by atoms with Crippen LogP contribution in [0.2, 0.25) is 0 Å². The molecule has 1 aromatic rings. The first kappa shape index (κ1) is 17.3. The molecule has 6 heteroatoms. The summed E-state index contributed by atoms with van der Waals surface area (Å²) in [6.07, 6.45) is 1.26. The Bertz CT molecular complexity index is 574. The SMILES string of the molecule is COCCOc1ccccc1C(=O)N1CCCC(C)(C(=O)O)C1. The average molecular weight is 321 g/mol. The van der Waals surface area contributed by atoms with Crippen molar-refractivity contribution in [1.82, 2.24) is 4.90 Å². The molecular weight excluding hydrogens is 298 g/mol.